The smallest absolute Gasteiger partial charge is 0.267 e. The van der Waals surface area contributed by atoms with Gasteiger partial charge in [0.1, 0.15) is 10.8 Å². The Bertz CT molecular complexity index is 890. The SMILES string of the molecule is CN1C(=O)C(C(=O)Nc2ccc(Br)cc2)c2cscc2S1(=O)=O. The highest BCUT2D eigenvalue weighted by molar-refractivity contribution is 9.10. The van der Waals surface area contributed by atoms with Crippen LogP contribution in [0.15, 0.2) is 44.4 Å². The van der Waals surface area contributed by atoms with Crippen LogP contribution in [0.2, 0.25) is 0 Å². The van der Waals surface area contributed by atoms with Crippen LogP contribution in [0.4, 0.5) is 5.69 Å². The number of hydrogen-bond acceptors (Lipinski definition) is 5. The van der Waals surface area contributed by atoms with Gasteiger partial charge in [-0.3, -0.25) is 9.59 Å². The molecule has 0 saturated heterocycles. The number of nitrogens with one attached hydrogen (secondary N) is 1. The fourth-order valence-electron chi connectivity index (χ4n) is 2.30. The standard InChI is InChI=1S/C14H11BrN2O4S2/c1-17-14(19)12(10-6-22-7-11(10)23(17,20)21)13(18)16-9-4-2-8(15)3-5-9/h2-7,12H,1H3,(H,16,18). The van der Waals surface area contributed by atoms with Crippen LogP contribution in [0.25, 0.3) is 0 Å². The molecule has 9 heteroatoms. The lowest BCUT2D eigenvalue weighted by molar-refractivity contribution is -0.132. The van der Waals surface area contributed by atoms with Crippen molar-refractivity contribution < 1.29 is 18.0 Å². The Labute approximate surface area is 145 Å². The van der Waals surface area contributed by atoms with E-state index in [9.17, 15) is 18.0 Å². The van der Waals surface area contributed by atoms with Gasteiger partial charge in [0, 0.05) is 28.2 Å². The molecule has 2 heterocycles. The summed E-state index contributed by atoms with van der Waals surface area (Å²) in [6.07, 6.45) is 0. The van der Waals surface area contributed by atoms with E-state index in [1.165, 1.54) is 10.8 Å². The third-order valence-electron chi connectivity index (χ3n) is 3.54. The van der Waals surface area contributed by atoms with E-state index in [1.807, 2.05) is 0 Å². The highest BCUT2D eigenvalue weighted by Crippen LogP contribution is 2.37. The number of sulfonamides is 1. The van der Waals surface area contributed by atoms with E-state index in [1.54, 1.807) is 24.3 Å². The van der Waals surface area contributed by atoms with Crippen molar-refractivity contribution in [2.45, 2.75) is 10.8 Å². The Kier molecular flexibility index (Phi) is 4.03. The van der Waals surface area contributed by atoms with E-state index in [4.69, 9.17) is 0 Å². The summed E-state index contributed by atoms with van der Waals surface area (Å²) in [5.74, 6) is -2.49. The van der Waals surface area contributed by atoms with Crippen molar-refractivity contribution in [2.75, 3.05) is 12.4 Å². The molecule has 120 valence electrons. The van der Waals surface area contributed by atoms with E-state index in [0.717, 1.165) is 22.9 Å². The molecule has 0 radical (unpaired) electrons. The molecule has 0 bridgehead atoms. The molecule has 1 aromatic heterocycles. The fourth-order valence-corrected chi connectivity index (χ4v) is 5.14. The number of thiophene rings is 1. The van der Waals surface area contributed by atoms with Gasteiger partial charge in [0.25, 0.3) is 15.9 Å². The zero-order valence-corrected chi connectivity index (χ0v) is 15.0. The van der Waals surface area contributed by atoms with Crippen LogP contribution in [0.3, 0.4) is 0 Å². The second-order valence-corrected chi connectivity index (χ2v) is 8.53. The number of benzene rings is 1. The number of amides is 2. The molecular formula is C14H11BrN2O4S2. The largest absolute Gasteiger partial charge is 0.325 e. The maximum absolute atomic E-state index is 12.5. The first-order chi connectivity index (χ1) is 10.8. The zero-order valence-electron chi connectivity index (χ0n) is 11.8. The summed E-state index contributed by atoms with van der Waals surface area (Å²) in [5.41, 5.74) is 0.756. The monoisotopic (exact) mass is 414 g/mol. The van der Waals surface area contributed by atoms with Gasteiger partial charge in [-0.25, -0.2) is 12.7 Å². The number of nitrogens with zero attached hydrogens (tertiary/aromatic N) is 1. The lowest BCUT2D eigenvalue weighted by atomic mass is 10.00. The number of carbonyl (C=O) groups excluding carboxylic acids is 2. The van der Waals surface area contributed by atoms with Gasteiger partial charge in [-0.2, -0.15) is 11.3 Å². The maximum Gasteiger partial charge on any atom is 0.267 e. The number of fused-ring (bicyclic) bond motifs is 1. The third-order valence-corrected chi connectivity index (χ3v) is 6.79. The molecular weight excluding hydrogens is 404 g/mol. The molecule has 0 saturated carbocycles. The van der Waals surface area contributed by atoms with Gasteiger partial charge in [0.05, 0.1) is 0 Å². The van der Waals surface area contributed by atoms with E-state index in [0.29, 0.717) is 9.99 Å². The molecule has 1 aromatic carbocycles. The molecule has 23 heavy (non-hydrogen) atoms. The third kappa shape index (κ3) is 2.68. The van der Waals surface area contributed by atoms with E-state index >= 15 is 0 Å². The molecule has 6 nitrogen and oxygen atoms in total. The molecule has 1 atom stereocenters. The summed E-state index contributed by atoms with van der Waals surface area (Å²) in [4.78, 5) is 24.9. The average Bonchev–Trinajstić information content (AvgIpc) is 2.98. The molecule has 0 aliphatic carbocycles. The lowest BCUT2D eigenvalue weighted by Crippen LogP contribution is -2.45. The minimum atomic E-state index is -3.86. The number of rotatable bonds is 2. The number of carbonyl (C=O) groups is 2. The first-order valence-corrected chi connectivity index (χ1v) is 9.65. The Balaban J connectivity index is 1.97. The molecule has 1 aliphatic rings. The first kappa shape index (κ1) is 16.2. The van der Waals surface area contributed by atoms with Gasteiger partial charge < -0.3 is 5.32 Å². The summed E-state index contributed by atoms with van der Waals surface area (Å²) in [6.45, 7) is 0. The summed E-state index contributed by atoms with van der Waals surface area (Å²) < 4.78 is 25.9. The summed E-state index contributed by atoms with van der Waals surface area (Å²) in [5, 5.41) is 5.62. The van der Waals surface area contributed by atoms with Crippen molar-refractivity contribution >= 4 is 54.8 Å². The predicted octanol–water partition coefficient (Wildman–Crippen LogP) is 2.39. The number of likely N-dealkylation sites (N-methyl/N-ethyl adjacent to an activating group) is 1. The van der Waals surface area contributed by atoms with Crippen LogP contribution in [-0.2, 0) is 19.6 Å². The Morgan fingerprint density at radius 2 is 1.91 bits per heavy atom. The molecule has 3 rings (SSSR count). The van der Waals surface area contributed by atoms with Gasteiger partial charge in [0.15, 0.2) is 0 Å². The zero-order chi connectivity index (χ0) is 16.8. The highest BCUT2D eigenvalue weighted by Gasteiger charge is 2.45. The Morgan fingerprint density at radius 3 is 2.57 bits per heavy atom. The van der Waals surface area contributed by atoms with Gasteiger partial charge in [-0.1, -0.05) is 15.9 Å². The van der Waals surface area contributed by atoms with Gasteiger partial charge in [-0.05, 0) is 29.6 Å². The second kappa shape index (κ2) is 5.73. The van der Waals surface area contributed by atoms with Crippen molar-refractivity contribution in [3.8, 4) is 0 Å². The molecule has 2 aromatic rings. The van der Waals surface area contributed by atoms with Crippen molar-refractivity contribution in [1.82, 2.24) is 4.31 Å². The van der Waals surface area contributed by atoms with Crippen LogP contribution in [0, 0.1) is 0 Å². The second-order valence-electron chi connectivity index (χ2n) is 4.93. The summed E-state index contributed by atoms with van der Waals surface area (Å²) in [7, 11) is -2.70. The highest BCUT2D eigenvalue weighted by atomic mass is 79.9. The van der Waals surface area contributed by atoms with Crippen LogP contribution in [-0.4, -0.2) is 31.6 Å². The number of anilines is 1. The first-order valence-electron chi connectivity index (χ1n) is 6.47. The van der Waals surface area contributed by atoms with Crippen LogP contribution in [0.5, 0.6) is 0 Å². The Morgan fingerprint density at radius 1 is 1.26 bits per heavy atom. The lowest BCUT2D eigenvalue weighted by Gasteiger charge is -2.28. The maximum atomic E-state index is 12.5. The molecule has 2 amide bonds. The van der Waals surface area contributed by atoms with Crippen LogP contribution in [0.1, 0.15) is 11.5 Å². The van der Waals surface area contributed by atoms with Gasteiger partial charge in [0.2, 0.25) is 5.91 Å². The average molecular weight is 415 g/mol. The Hall–Kier alpha value is -1.71. The van der Waals surface area contributed by atoms with Crippen LogP contribution >= 0.6 is 27.3 Å². The molecule has 0 spiro atoms. The molecule has 1 aliphatic heterocycles. The quantitative estimate of drug-likeness (QED) is 0.764. The summed E-state index contributed by atoms with van der Waals surface area (Å²) in [6, 6.07) is 6.88. The van der Waals surface area contributed by atoms with Crippen molar-refractivity contribution in [3.63, 3.8) is 0 Å². The number of halogens is 1. The summed E-state index contributed by atoms with van der Waals surface area (Å²) >= 11 is 4.44. The van der Waals surface area contributed by atoms with E-state index < -0.39 is 27.8 Å². The molecule has 1 unspecified atom stereocenters. The number of hydrogen-bond donors (Lipinski definition) is 1. The predicted molar refractivity (Wildman–Crippen MR) is 89.8 cm³/mol. The van der Waals surface area contributed by atoms with Crippen molar-refractivity contribution in [2.24, 2.45) is 0 Å². The topological polar surface area (TPSA) is 83.6 Å². The molecule has 0 fully saturated rings. The normalized spacial score (nSPS) is 19.3. The van der Waals surface area contributed by atoms with Crippen LogP contribution < -0.4 is 5.32 Å². The van der Waals surface area contributed by atoms with E-state index in [2.05, 4.69) is 21.2 Å². The van der Waals surface area contributed by atoms with Crippen molar-refractivity contribution in [3.05, 3.63) is 45.1 Å². The van der Waals surface area contributed by atoms with Crippen molar-refractivity contribution in [1.29, 1.82) is 0 Å². The van der Waals surface area contributed by atoms with Gasteiger partial charge >= 0.3 is 0 Å². The fraction of sp³-hybridized carbons (Fsp3) is 0.143. The minimum Gasteiger partial charge on any atom is -0.325 e. The van der Waals surface area contributed by atoms with E-state index in [-0.39, 0.29) is 10.5 Å². The minimum absolute atomic E-state index is 0.0144. The molecule has 1 N–H and O–H groups in total. The van der Waals surface area contributed by atoms with Gasteiger partial charge in [-0.15, -0.1) is 0 Å².